The summed E-state index contributed by atoms with van der Waals surface area (Å²) in [4.78, 5) is 14.6. The van der Waals surface area contributed by atoms with E-state index < -0.39 is 6.61 Å². The Kier molecular flexibility index (Phi) is 3.94. The van der Waals surface area contributed by atoms with Gasteiger partial charge in [-0.2, -0.15) is 8.78 Å². The normalized spacial score (nSPS) is 10.3. The largest absolute Gasteiger partial charge is 0.417 e. The van der Waals surface area contributed by atoms with Gasteiger partial charge in [0.1, 0.15) is 0 Å². The second kappa shape index (κ2) is 4.99. The molecule has 14 heavy (non-hydrogen) atoms. The summed E-state index contributed by atoms with van der Waals surface area (Å²) in [5.41, 5.74) is 0.350. The molecule has 0 aromatic carbocycles. The second-order valence-corrected chi connectivity index (χ2v) is 2.88. The molecule has 0 radical (unpaired) electrons. The van der Waals surface area contributed by atoms with Crippen molar-refractivity contribution in [1.29, 1.82) is 0 Å². The van der Waals surface area contributed by atoms with Crippen LogP contribution in [0.15, 0.2) is 18.3 Å². The van der Waals surface area contributed by atoms with E-state index in [-0.39, 0.29) is 17.0 Å². The monoisotopic (exact) mass is 265 g/mol. The van der Waals surface area contributed by atoms with Crippen LogP contribution in [0.3, 0.4) is 0 Å². The van der Waals surface area contributed by atoms with Crippen LogP contribution in [-0.2, 0) is 0 Å². The zero-order valence-electron chi connectivity index (χ0n) is 6.91. The minimum absolute atomic E-state index is 0.166. The number of ketones is 1. The molecular formula is C8H6BrF2NO2. The molecule has 0 aliphatic carbocycles. The first-order valence-electron chi connectivity index (χ1n) is 3.63. The third kappa shape index (κ3) is 3.02. The molecule has 0 unspecified atom stereocenters. The zero-order valence-corrected chi connectivity index (χ0v) is 8.50. The van der Waals surface area contributed by atoms with Gasteiger partial charge in [0.2, 0.25) is 5.88 Å². The smallest absolute Gasteiger partial charge is 0.388 e. The molecule has 0 N–H and O–H groups in total. The van der Waals surface area contributed by atoms with Gasteiger partial charge in [-0.25, -0.2) is 4.98 Å². The fraction of sp³-hybridized carbons (Fsp3) is 0.250. The summed E-state index contributed by atoms with van der Waals surface area (Å²) in [6.07, 6.45) is 1.20. The number of nitrogens with zero attached hydrogens (tertiary/aromatic N) is 1. The van der Waals surface area contributed by atoms with Crippen LogP contribution in [0.25, 0.3) is 0 Å². The number of carbonyl (C=O) groups is 1. The lowest BCUT2D eigenvalue weighted by Gasteiger charge is -2.02. The highest BCUT2D eigenvalue weighted by Gasteiger charge is 2.07. The summed E-state index contributed by atoms with van der Waals surface area (Å²) in [6, 6.07) is 2.61. The highest BCUT2D eigenvalue weighted by Crippen LogP contribution is 2.11. The van der Waals surface area contributed by atoms with Crippen molar-refractivity contribution in [3.63, 3.8) is 0 Å². The van der Waals surface area contributed by atoms with Gasteiger partial charge in [0.15, 0.2) is 5.78 Å². The number of hydrogen-bond donors (Lipinski definition) is 0. The van der Waals surface area contributed by atoms with E-state index in [1.165, 1.54) is 18.3 Å². The molecule has 1 aromatic rings. The first-order chi connectivity index (χ1) is 6.63. The number of alkyl halides is 3. The molecule has 1 heterocycles. The van der Waals surface area contributed by atoms with Crippen LogP contribution in [0, 0.1) is 0 Å². The van der Waals surface area contributed by atoms with Crippen molar-refractivity contribution in [3.05, 3.63) is 23.9 Å². The van der Waals surface area contributed by atoms with Crippen molar-refractivity contribution in [1.82, 2.24) is 4.98 Å². The van der Waals surface area contributed by atoms with Crippen LogP contribution in [0.4, 0.5) is 8.78 Å². The van der Waals surface area contributed by atoms with E-state index in [0.29, 0.717) is 5.56 Å². The number of carbonyl (C=O) groups excluding carboxylic acids is 1. The van der Waals surface area contributed by atoms with Crippen molar-refractivity contribution in [3.8, 4) is 5.88 Å². The van der Waals surface area contributed by atoms with Gasteiger partial charge in [-0.15, -0.1) is 0 Å². The summed E-state index contributed by atoms with van der Waals surface area (Å²) in [7, 11) is 0. The average Bonchev–Trinajstić information content (AvgIpc) is 2.17. The van der Waals surface area contributed by atoms with Crippen molar-refractivity contribution < 1.29 is 18.3 Å². The van der Waals surface area contributed by atoms with Crippen LogP contribution >= 0.6 is 15.9 Å². The lowest BCUT2D eigenvalue weighted by Crippen LogP contribution is -2.05. The molecule has 0 amide bonds. The predicted molar refractivity (Wildman–Crippen MR) is 49.0 cm³/mol. The number of halogens is 3. The predicted octanol–water partition coefficient (Wildman–Crippen LogP) is 2.26. The quantitative estimate of drug-likeness (QED) is 0.619. The summed E-state index contributed by atoms with van der Waals surface area (Å²) < 4.78 is 27.4. The molecule has 0 spiro atoms. The Morgan fingerprint density at radius 1 is 1.57 bits per heavy atom. The van der Waals surface area contributed by atoms with Crippen LogP contribution < -0.4 is 4.74 Å². The molecule has 0 aliphatic rings. The lowest BCUT2D eigenvalue weighted by molar-refractivity contribution is -0.0528. The van der Waals surface area contributed by atoms with Crippen molar-refractivity contribution in [2.45, 2.75) is 6.61 Å². The van der Waals surface area contributed by atoms with E-state index in [9.17, 15) is 13.6 Å². The Labute approximate surface area is 87.2 Å². The third-order valence-corrected chi connectivity index (χ3v) is 1.90. The molecule has 0 saturated carbocycles. The van der Waals surface area contributed by atoms with Crippen LogP contribution in [-0.4, -0.2) is 22.7 Å². The summed E-state index contributed by atoms with van der Waals surface area (Å²) in [5, 5.41) is 0.170. The fourth-order valence-corrected chi connectivity index (χ4v) is 1.11. The standard InChI is InChI=1S/C8H6BrF2NO2/c9-3-6(13)5-1-2-7(12-4-5)14-8(10)11/h1-2,4,8H,3H2. The fourth-order valence-electron chi connectivity index (χ4n) is 0.783. The topological polar surface area (TPSA) is 39.2 Å². The number of rotatable bonds is 4. The SMILES string of the molecule is O=C(CBr)c1ccc(OC(F)F)nc1. The van der Waals surface area contributed by atoms with Crippen molar-refractivity contribution >= 4 is 21.7 Å². The molecule has 1 rings (SSSR count). The van der Waals surface area contributed by atoms with E-state index in [1.807, 2.05) is 0 Å². The third-order valence-electron chi connectivity index (χ3n) is 1.39. The second-order valence-electron chi connectivity index (χ2n) is 2.32. The highest BCUT2D eigenvalue weighted by molar-refractivity contribution is 9.09. The van der Waals surface area contributed by atoms with Gasteiger partial charge in [0.05, 0.1) is 5.33 Å². The van der Waals surface area contributed by atoms with Gasteiger partial charge in [0, 0.05) is 17.8 Å². The molecule has 0 saturated heterocycles. The Bertz CT molecular complexity index is 316. The van der Waals surface area contributed by atoms with E-state index in [1.54, 1.807) is 0 Å². The van der Waals surface area contributed by atoms with E-state index in [2.05, 4.69) is 25.7 Å². The summed E-state index contributed by atoms with van der Waals surface area (Å²) >= 11 is 2.98. The van der Waals surface area contributed by atoms with Crippen LogP contribution in [0.2, 0.25) is 0 Å². The molecule has 0 atom stereocenters. The lowest BCUT2D eigenvalue weighted by atomic mass is 10.2. The number of hydrogen-bond acceptors (Lipinski definition) is 3. The van der Waals surface area contributed by atoms with Gasteiger partial charge in [-0.05, 0) is 6.07 Å². The van der Waals surface area contributed by atoms with Gasteiger partial charge < -0.3 is 4.74 Å². The number of ether oxygens (including phenoxy) is 1. The highest BCUT2D eigenvalue weighted by atomic mass is 79.9. The van der Waals surface area contributed by atoms with Gasteiger partial charge in [0.25, 0.3) is 0 Å². The Balaban J connectivity index is 2.73. The Hall–Kier alpha value is -1.04. The maximum atomic E-state index is 11.7. The van der Waals surface area contributed by atoms with E-state index in [4.69, 9.17) is 0 Å². The maximum absolute atomic E-state index is 11.7. The zero-order chi connectivity index (χ0) is 10.6. The minimum atomic E-state index is -2.90. The van der Waals surface area contributed by atoms with Crippen LogP contribution in [0.5, 0.6) is 5.88 Å². The number of aromatic nitrogens is 1. The van der Waals surface area contributed by atoms with Gasteiger partial charge in [-0.1, -0.05) is 15.9 Å². The van der Waals surface area contributed by atoms with Gasteiger partial charge in [-0.3, -0.25) is 4.79 Å². The molecule has 1 aromatic heterocycles. The average molecular weight is 266 g/mol. The minimum Gasteiger partial charge on any atom is -0.417 e. The van der Waals surface area contributed by atoms with E-state index in [0.717, 1.165) is 0 Å². The van der Waals surface area contributed by atoms with Gasteiger partial charge >= 0.3 is 6.61 Å². The van der Waals surface area contributed by atoms with Crippen molar-refractivity contribution in [2.24, 2.45) is 0 Å². The molecule has 3 nitrogen and oxygen atoms in total. The molecule has 0 aliphatic heterocycles. The molecule has 6 heteroatoms. The number of pyridine rings is 1. The van der Waals surface area contributed by atoms with Crippen LogP contribution in [0.1, 0.15) is 10.4 Å². The first kappa shape index (κ1) is 11.0. The number of Topliss-reactive ketones (excluding diaryl/α,β-unsaturated/α-hetero) is 1. The molecule has 76 valence electrons. The first-order valence-corrected chi connectivity index (χ1v) is 4.75. The molecule has 0 bridgehead atoms. The Morgan fingerprint density at radius 3 is 2.71 bits per heavy atom. The van der Waals surface area contributed by atoms with E-state index >= 15 is 0 Å². The molecule has 0 fully saturated rings. The summed E-state index contributed by atoms with van der Waals surface area (Å²) in [6.45, 7) is -2.90. The maximum Gasteiger partial charge on any atom is 0.388 e. The molecular weight excluding hydrogens is 260 g/mol. The Morgan fingerprint density at radius 2 is 2.29 bits per heavy atom. The van der Waals surface area contributed by atoms with Crippen molar-refractivity contribution in [2.75, 3.05) is 5.33 Å². The summed E-state index contributed by atoms with van der Waals surface area (Å²) in [5.74, 6) is -0.368.